The number of nitrogens with zero attached hydrogens (tertiary/aromatic N) is 4. The number of amides is 1. The molecule has 146 valence electrons. The first-order valence-electron chi connectivity index (χ1n) is 9.28. The Hall–Kier alpha value is -2.39. The van der Waals surface area contributed by atoms with Crippen molar-refractivity contribution in [1.82, 2.24) is 24.6 Å². The molecule has 1 N–H and O–H groups in total. The van der Waals surface area contributed by atoms with E-state index in [0.29, 0.717) is 11.3 Å². The van der Waals surface area contributed by atoms with Gasteiger partial charge in [-0.05, 0) is 37.3 Å². The van der Waals surface area contributed by atoms with Gasteiger partial charge in [0, 0.05) is 31.4 Å². The Morgan fingerprint density at radius 2 is 2.11 bits per heavy atom. The summed E-state index contributed by atoms with van der Waals surface area (Å²) >= 11 is 2.99. The minimum atomic E-state index is -0.0370. The van der Waals surface area contributed by atoms with Gasteiger partial charge in [-0.1, -0.05) is 17.8 Å². The molecule has 1 aliphatic heterocycles. The molecule has 0 unspecified atom stereocenters. The summed E-state index contributed by atoms with van der Waals surface area (Å²) in [6, 6.07) is 5.66. The second kappa shape index (κ2) is 8.32. The van der Waals surface area contributed by atoms with Gasteiger partial charge in [0.2, 0.25) is 0 Å². The van der Waals surface area contributed by atoms with Gasteiger partial charge < -0.3 is 14.5 Å². The van der Waals surface area contributed by atoms with Crippen molar-refractivity contribution in [2.75, 3.05) is 18.8 Å². The number of Topliss-reactive ketones (excluding diaryl/α,β-unsaturated/α-hetero) is 1. The van der Waals surface area contributed by atoms with Gasteiger partial charge in [0.25, 0.3) is 5.91 Å². The Morgan fingerprint density at radius 3 is 2.82 bits per heavy atom. The minimum absolute atomic E-state index is 0.0319. The van der Waals surface area contributed by atoms with Crippen LogP contribution < -0.4 is 0 Å². The van der Waals surface area contributed by atoms with Gasteiger partial charge in [-0.25, -0.2) is 0 Å². The molecular weight excluding hydrogens is 394 g/mol. The average Bonchev–Trinajstić information content (AvgIpc) is 3.50. The third-order valence-electron chi connectivity index (χ3n) is 4.74. The van der Waals surface area contributed by atoms with E-state index in [2.05, 4.69) is 15.2 Å². The number of rotatable bonds is 7. The van der Waals surface area contributed by atoms with E-state index in [-0.39, 0.29) is 17.4 Å². The van der Waals surface area contributed by atoms with Crippen LogP contribution in [0.1, 0.15) is 40.6 Å². The lowest BCUT2D eigenvalue weighted by molar-refractivity contribution is 0.0787. The number of thiophene rings is 1. The molecule has 7 nitrogen and oxygen atoms in total. The molecule has 3 aromatic rings. The number of hydrogen-bond acceptors (Lipinski definition) is 6. The number of carbonyl (C=O) groups excluding carboxylic acids is 2. The van der Waals surface area contributed by atoms with Gasteiger partial charge in [0.1, 0.15) is 5.69 Å². The largest absolute Gasteiger partial charge is 0.356 e. The SMILES string of the molecule is CCn1c(SCC(=O)c2c[nH]c(C(=O)N3CCCC3)c2)nnc1-c1cccs1. The van der Waals surface area contributed by atoms with Gasteiger partial charge in [-0.15, -0.1) is 21.5 Å². The summed E-state index contributed by atoms with van der Waals surface area (Å²) in [5.74, 6) is 1.01. The van der Waals surface area contributed by atoms with Gasteiger partial charge >= 0.3 is 0 Å². The normalized spacial score (nSPS) is 14.0. The molecular formula is C19H21N5O2S2. The maximum absolute atomic E-state index is 12.6. The lowest BCUT2D eigenvalue weighted by Crippen LogP contribution is -2.27. The van der Waals surface area contributed by atoms with Crippen LogP contribution in [-0.4, -0.2) is 55.2 Å². The summed E-state index contributed by atoms with van der Waals surface area (Å²) in [5.41, 5.74) is 1.00. The van der Waals surface area contributed by atoms with E-state index in [1.165, 1.54) is 11.8 Å². The summed E-state index contributed by atoms with van der Waals surface area (Å²) < 4.78 is 2.02. The first kappa shape index (κ1) is 18.9. The van der Waals surface area contributed by atoms with Gasteiger partial charge in [-0.2, -0.15) is 0 Å². The Morgan fingerprint density at radius 1 is 1.29 bits per heavy atom. The molecule has 1 aliphatic rings. The molecule has 0 spiro atoms. The van der Waals surface area contributed by atoms with Crippen molar-refractivity contribution in [3.63, 3.8) is 0 Å². The molecule has 0 bridgehead atoms. The Kier molecular flexibility index (Phi) is 5.63. The van der Waals surface area contributed by atoms with Crippen molar-refractivity contribution in [3.05, 3.63) is 41.0 Å². The zero-order chi connectivity index (χ0) is 19.5. The molecule has 0 radical (unpaired) electrons. The van der Waals surface area contributed by atoms with Crippen LogP contribution in [0.3, 0.4) is 0 Å². The molecule has 4 heterocycles. The molecule has 1 fully saturated rings. The number of nitrogens with one attached hydrogen (secondary N) is 1. The summed E-state index contributed by atoms with van der Waals surface area (Å²) in [5, 5.41) is 11.3. The Bertz CT molecular complexity index is 971. The molecule has 0 atom stereocenters. The molecule has 1 amide bonds. The lowest BCUT2D eigenvalue weighted by atomic mass is 10.2. The number of ketones is 1. The lowest BCUT2D eigenvalue weighted by Gasteiger charge is -2.13. The Labute approximate surface area is 171 Å². The van der Waals surface area contributed by atoms with Crippen LogP contribution in [0, 0.1) is 0 Å². The predicted molar refractivity (Wildman–Crippen MR) is 110 cm³/mol. The highest BCUT2D eigenvalue weighted by atomic mass is 32.2. The second-order valence-corrected chi connectivity index (χ2v) is 8.43. The number of H-pyrrole nitrogens is 1. The molecule has 0 aromatic carbocycles. The number of carbonyl (C=O) groups is 2. The molecule has 3 aromatic heterocycles. The van der Waals surface area contributed by atoms with Crippen LogP contribution in [0.4, 0.5) is 0 Å². The van der Waals surface area contributed by atoms with Crippen molar-refractivity contribution in [2.45, 2.75) is 31.5 Å². The zero-order valence-electron chi connectivity index (χ0n) is 15.6. The smallest absolute Gasteiger partial charge is 0.270 e. The second-order valence-electron chi connectivity index (χ2n) is 6.54. The molecule has 1 saturated heterocycles. The fraction of sp³-hybridized carbons (Fsp3) is 0.368. The summed E-state index contributed by atoms with van der Waals surface area (Å²) in [6.07, 6.45) is 3.70. The third-order valence-corrected chi connectivity index (χ3v) is 6.57. The highest BCUT2D eigenvalue weighted by molar-refractivity contribution is 7.99. The highest BCUT2D eigenvalue weighted by Gasteiger charge is 2.22. The number of hydrogen-bond donors (Lipinski definition) is 1. The topological polar surface area (TPSA) is 83.9 Å². The standard InChI is InChI=1S/C19H21N5O2S2/c1-2-24-17(16-6-5-9-27-16)21-22-19(24)28-12-15(25)13-10-14(20-11-13)18(26)23-7-3-4-8-23/h5-6,9-11,20H,2-4,7-8,12H2,1H3. The number of likely N-dealkylation sites (tertiary alicyclic amines) is 1. The van der Waals surface area contributed by atoms with Gasteiger partial charge in [-0.3, -0.25) is 9.59 Å². The van der Waals surface area contributed by atoms with E-state index in [4.69, 9.17) is 0 Å². The first-order chi connectivity index (χ1) is 13.7. The zero-order valence-corrected chi connectivity index (χ0v) is 17.2. The maximum Gasteiger partial charge on any atom is 0.270 e. The summed E-state index contributed by atoms with van der Waals surface area (Å²) in [7, 11) is 0. The predicted octanol–water partition coefficient (Wildman–Crippen LogP) is 3.57. The number of thioether (sulfide) groups is 1. The molecule has 4 rings (SSSR count). The molecule has 0 aliphatic carbocycles. The van der Waals surface area contributed by atoms with Crippen molar-refractivity contribution < 1.29 is 9.59 Å². The van der Waals surface area contributed by atoms with Crippen molar-refractivity contribution in [1.29, 1.82) is 0 Å². The summed E-state index contributed by atoms with van der Waals surface area (Å²) in [6.45, 7) is 4.34. The van der Waals surface area contributed by atoms with Crippen molar-refractivity contribution in [3.8, 4) is 10.7 Å². The summed E-state index contributed by atoms with van der Waals surface area (Å²) in [4.78, 5) is 30.8. The van der Waals surface area contributed by atoms with E-state index < -0.39 is 0 Å². The van der Waals surface area contributed by atoms with E-state index in [1.807, 2.05) is 33.9 Å². The van der Waals surface area contributed by atoms with Crippen LogP contribution in [0.15, 0.2) is 34.9 Å². The van der Waals surface area contributed by atoms with Crippen molar-refractivity contribution >= 4 is 34.8 Å². The molecule has 28 heavy (non-hydrogen) atoms. The van der Waals surface area contributed by atoms with Crippen LogP contribution in [0.5, 0.6) is 0 Å². The van der Waals surface area contributed by atoms with Crippen LogP contribution in [0.2, 0.25) is 0 Å². The Balaban J connectivity index is 1.42. The minimum Gasteiger partial charge on any atom is -0.356 e. The van der Waals surface area contributed by atoms with E-state index >= 15 is 0 Å². The van der Waals surface area contributed by atoms with Crippen LogP contribution in [0.25, 0.3) is 10.7 Å². The molecule has 0 saturated carbocycles. The van der Waals surface area contributed by atoms with Gasteiger partial charge in [0.05, 0.1) is 10.6 Å². The van der Waals surface area contributed by atoms with E-state index in [9.17, 15) is 9.59 Å². The first-order valence-corrected chi connectivity index (χ1v) is 11.1. The fourth-order valence-corrected chi connectivity index (χ4v) is 4.87. The fourth-order valence-electron chi connectivity index (χ4n) is 3.25. The van der Waals surface area contributed by atoms with Crippen molar-refractivity contribution in [2.24, 2.45) is 0 Å². The van der Waals surface area contributed by atoms with E-state index in [0.717, 1.165) is 48.3 Å². The maximum atomic E-state index is 12.6. The number of aromatic nitrogens is 4. The monoisotopic (exact) mass is 415 g/mol. The molecule has 9 heteroatoms. The van der Waals surface area contributed by atoms with Crippen LogP contribution >= 0.6 is 23.1 Å². The van der Waals surface area contributed by atoms with Crippen LogP contribution in [-0.2, 0) is 6.54 Å². The average molecular weight is 416 g/mol. The third kappa shape index (κ3) is 3.77. The van der Waals surface area contributed by atoms with Gasteiger partial charge in [0.15, 0.2) is 16.8 Å². The number of aromatic amines is 1. The van der Waals surface area contributed by atoms with E-state index in [1.54, 1.807) is 23.6 Å². The quantitative estimate of drug-likeness (QED) is 0.471. The highest BCUT2D eigenvalue weighted by Crippen LogP contribution is 2.27.